The van der Waals surface area contributed by atoms with E-state index < -0.39 is 10.0 Å². The molecule has 0 radical (unpaired) electrons. The molecule has 0 atom stereocenters. The number of hydrogen-bond donors (Lipinski definition) is 3. The standard InChI is InChI=1S/C17H24ClN3O4S/c1-26(24,25)21-15-11-13(7-8-14(15)18)17(23)20-10-9-19-16(22)12-5-3-2-4-6-12/h7-8,11-12,21H,2-6,9-10H2,1H3,(H,19,22)(H,20,23). The van der Waals surface area contributed by atoms with Gasteiger partial charge in [0.2, 0.25) is 15.9 Å². The molecule has 0 aliphatic heterocycles. The summed E-state index contributed by atoms with van der Waals surface area (Å²) in [5.41, 5.74) is 0.423. The number of nitrogens with one attached hydrogen (secondary N) is 3. The van der Waals surface area contributed by atoms with Crippen molar-refractivity contribution in [3.05, 3.63) is 28.8 Å². The molecule has 3 N–H and O–H groups in total. The van der Waals surface area contributed by atoms with Gasteiger partial charge in [0.1, 0.15) is 0 Å². The van der Waals surface area contributed by atoms with Gasteiger partial charge in [-0.05, 0) is 31.0 Å². The highest BCUT2D eigenvalue weighted by molar-refractivity contribution is 7.92. The van der Waals surface area contributed by atoms with Crippen molar-refractivity contribution in [1.29, 1.82) is 0 Å². The predicted octanol–water partition coefficient (Wildman–Crippen LogP) is 2.14. The van der Waals surface area contributed by atoms with Crippen LogP contribution in [0.1, 0.15) is 42.5 Å². The number of carbonyl (C=O) groups is 2. The third kappa shape index (κ3) is 6.49. The molecular weight excluding hydrogens is 378 g/mol. The number of rotatable bonds is 7. The molecule has 0 bridgehead atoms. The summed E-state index contributed by atoms with van der Waals surface area (Å²) >= 11 is 5.94. The number of amides is 2. The van der Waals surface area contributed by atoms with E-state index in [2.05, 4.69) is 15.4 Å². The summed E-state index contributed by atoms with van der Waals surface area (Å²) in [6.45, 7) is 0.637. The van der Waals surface area contributed by atoms with Crippen molar-refractivity contribution in [3.63, 3.8) is 0 Å². The molecule has 9 heteroatoms. The molecule has 1 saturated carbocycles. The number of sulfonamides is 1. The van der Waals surface area contributed by atoms with Gasteiger partial charge in [0.05, 0.1) is 17.0 Å². The Morgan fingerprint density at radius 2 is 1.77 bits per heavy atom. The van der Waals surface area contributed by atoms with Crippen molar-refractivity contribution < 1.29 is 18.0 Å². The van der Waals surface area contributed by atoms with Gasteiger partial charge in [0.15, 0.2) is 0 Å². The number of anilines is 1. The zero-order chi connectivity index (χ0) is 19.2. The van der Waals surface area contributed by atoms with E-state index in [0.717, 1.165) is 31.9 Å². The van der Waals surface area contributed by atoms with E-state index in [1.165, 1.54) is 24.6 Å². The van der Waals surface area contributed by atoms with Crippen LogP contribution in [-0.4, -0.2) is 39.6 Å². The molecule has 0 heterocycles. The van der Waals surface area contributed by atoms with Crippen LogP contribution in [0.5, 0.6) is 0 Å². The van der Waals surface area contributed by atoms with Crippen LogP contribution < -0.4 is 15.4 Å². The van der Waals surface area contributed by atoms with Crippen LogP contribution in [0.2, 0.25) is 5.02 Å². The second kappa shape index (κ2) is 9.23. The maximum Gasteiger partial charge on any atom is 0.251 e. The summed E-state index contributed by atoms with van der Waals surface area (Å²) in [7, 11) is -3.50. The summed E-state index contributed by atoms with van der Waals surface area (Å²) in [6, 6.07) is 4.33. The third-order valence-electron chi connectivity index (χ3n) is 4.21. The van der Waals surface area contributed by atoms with Crippen LogP contribution >= 0.6 is 11.6 Å². The summed E-state index contributed by atoms with van der Waals surface area (Å²) < 4.78 is 24.9. The Morgan fingerprint density at radius 3 is 2.42 bits per heavy atom. The highest BCUT2D eigenvalue weighted by Crippen LogP contribution is 2.24. The Balaban J connectivity index is 1.82. The predicted molar refractivity (Wildman–Crippen MR) is 102 cm³/mol. The molecule has 144 valence electrons. The largest absolute Gasteiger partial charge is 0.354 e. The molecule has 0 aromatic heterocycles. The minimum atomic E-state index is -3.50. The van der Waals surface area contributed by atoms with Crippen LogP contribution in [0.4, 0.5) is 5.69 Å². The maximum atomic E-state index is 12.2. The number of halogens is 1. The zero-order valence-corrected chi connectivity index (χ0v) is 16.3. The molecule has 7 nitrogen and oxygen atoms in total. The summed E-state index contributed by atoms with van der Waals surface area (Å²) in [4.78, 5) is 24.2. The van der Waals surface area contributed by atoms with Crippen molar-refractivity contribution in [2.24, 2.45) is 5.92 Å². The Hall–Kier alpha value is -1.80. The molecule has 2 rings (SSSR count). The molecule has 0 spiro atoms. The first-order valence-corrected chi connectivity index (χ1v) is 10.9. The summed E-state index contributed by atoms with van der Waals surface area (Å²) in [5, 5.41) is 5.74. The van der Waals surface area contributed by atoms with Crippen molar-refractivity contribution in [1.82, 2.24) is 10.6 Å². The van der Waals surface area contributed by atoms with Gasteiger partial charge in [-0.2, -0.15) is 0 Å². The van der Waals surface area contributed by atoms with E-state index in [4.69, 9.17) is 11.6 Å². The van der Waals surface area contributed by atoms with Crippen LogP contribution in [0, 0.1) is 5.92 Å². The van der Waals surface area contributed by atoms with Crippen LogP contribution in [0.25, 0.3) is 0 Å². The SMILES string of the molecule is CS(=O)(=O)Nc1cc(C(=O)NCCNC(=O)C2CCCCC2)ccc1Cl. The second-order valence-electron chi connectivity index (χ2n) is 6.45. The fourth-order valence-electron chi connectivity index (χ4n) is 2.92. The first-order valence-electron chi connectivity index (χ1n) is 8.59. The fraction of sp³-hybridized carbons (Fsp3) is 0.529. The summed E-state index contributed by atoms with van der Waals surface area (Å²) in [5.74, 6) is -0.240. The maximum absolute atomic E-state index is 12.2. The highest BCUT2D eigenvalue weighted by Gasteiger charge is 2.20. The lowest BCUT2D eigenvalue weighted by atomic mass is 9.89. The second-order valence-corrected chi connectivity index (χ2v) is 8.61. The Morgan fingerprint density at radius 1 is 1.12 bits per heavy atom. The van der Waals surface area contributed by atoms with Gasteiger partial charge in [-0.3, -0.25) is 14.3 Å². The van der Waals surface area contributed by atoms with E-state index in [0.29, 0.717) is 6.54 Å². The summed E-state index contributed by atoms with van der Waals surface area (Å²) in [6.07, 6.45) is 6.24. The van der Waals surface area contributed by atoms with Gasteiger partial charge < -0.3 is 10.6 Å². The molecule has 1 aromatic rings. The Labute approximate surface area is 158 Å². The number of carbonyl (C=O) groups excluding carboxylic acids is 2. The van der Waals surface area contributed by atoms with Crippen molar-refractivity contribution in [2.75, 3.05) is 24.1 Å². The monoisotopic (exact) mass is 401 g/mol. The molecule has 1 aliphatic rings. The number of benzene rings is 1. The Bertz CT molecular complexity index is 761. The molecular formula is C17H24ClN3O4S. The van der Waals surface area contributed by atoms with Crippen molar-refractivity contribution in [3.8, 4) is 0 Å². The van der Waals surface area contributed by atoms with E-state index in [1.807, 2.05) is 0 Å². The van der Waals surface area contributed by atoms with Gasteiger partial charge in [0.25, 0.3) is 5.91 Å². The van der Waals surface area contributed by atoms with E-state index in [-0.39, 0.29) is 40.6 Å². The molecule has 2 amide bonds. The molecule has 1 aromatic carbocycles. The van der Waals surface area contributed by atoms with Gasteiger partial charge in [-0.15, -0.1) is 0 Å². The quantitative estimate of drug-likeness (QED) is 0.609. The van der Waals surface area contributed by atoms with Crippen molar-refractivity contribution in [2.45, 2.75) is 32.1 Å². The normalized spacial score (nSPS) is 15.3. The molecule has 0 saturated heterocycles. The lowest BCUT2D eigenvalue weighted by Gasteiger charge is -2.20. The van der Waals surface area contributed by atoms with Crippen LogP contribution in [0.3, 0.4) is 0 Å². The number of hydrogen-bond acceptors (Lipinski definition) is 4. The van der Waals surface area contributed by atoms with Crippen LogP contribution in [-0.2, 0) is 14.8 Å². The van der Waals surface area contributed by atoms with E-state index in [1.54, 1.807) is 0 Å². The molecule has 26 heavy (non-hydrogen) atoms. The Kier molecular flexibility index (Phi) is 7.28. The van der Waals surface area contributed by atoms with Gasteiger partial charge in [-0.25, -0.2) is 8.42 Å². The molecule has 1 fully saturated rings. The molecule has 0 unspecified atom stereocenters. The van der Waals surface area contributed by atoms with Crippen molar-refractivity contribution >= 4 is 39.1 Å². The molecule has 1 aliphatic carbocycles. The smallest absolute Gasteiger partial charge is 0.251 e. The topological polar surface area (TPSA) is 104 Å². The van der Waals surface area contributed by atoms with E-state index >= 15 is 0 Å². The zero-order valence-electron chi connectivity index (χ0n) is 14.7. The average Bonchev–Trinajstić information content (AvgIpc) is 2.59. The first-order chi connectivity index (χ1) is 12.3. The first kappa shape index (κ1) is 20.5. The van der Waals surface area contributed by atoms with Crippen LogP contribution in [0.15, 0.2) is 18.2 Å². The minimum Gasteiger partial charge on any atom is -0.354 e. The lowest BCUT2D eigenvalue weighted by Crippen LogP contribution is -2.38. The highest BCUT2D eigenvalue weighted by atomic mass is 35.5. The third-order valence-corrected chi connectivity index (χ3v) is 5.13. The minimum absolute atomic E-state index is 0.0464. The lowest BCUT2D eigenvalue weighted by molar-refractivity contribution is -0.125. The van der Waals surface area contributed by atoms with Gasteiger partial charge >= 0.3 is 0 Å². The van der Waals surface area contributed by atoms with Gasteiger partial charge in [0, 0.05) is 24.6 Å². The van der Waals surface area contributed by atoms with E-state index in [9.17, 15) is 18.0 Å². The van der Waals surface area contributed by atoms with Gasteiger partial charge in [-0.1, -0.05) is 30.9 Å². The fourth-order valence-corrected chi connectivity index (χ4v) is 3.71. The average molecular weight is 402 g/mol.